The molecule has 0 saturated carbocycles. The third-order valence-electron chi connectivity index (χ3n) is 2.43. The largest absolute Gasteiger partial charge is 0.299 e. The van der Waals surface area contributed by atoms with Crippen molar-refractivity contribution < 1.29 is 4.79 Å². The molecule has 1 nitrogen and oxygen atoms in total. The molecule has 74 valence electrons. The van der Waals surface area contributed by atoms with Crippen LogP contribution in [0.1, 0.15) is 5.56 Å². The number of allylic oxidation sites excluding steroid dienone is 2. The van der Waals surface area contributed by atoms with Crippen LogP contribution in [0.2, 0.25) is 0 Å². The average Bonchev–Trinajstić information content (AvgIpc) is 2.30. The molecular weight excluding hydrogens is 184 g/mol. The molecule has 0 N–H and O–H groups in total. The summed E-state index contributed by atoms with van der Waals surface area (Å²) < 4.78 is 0. The third-order valence-corrected chi connectivity index (χ3v) is 2.43. The maximum absolute atomic E-state index is 10.2. The lowest BCUT2D eigenvalue weighted by Crippen LogP contribution is -1.83. The van der Waals surface area contributed by atoms with Crippen LogP contribution in [0, 0.1) is 0 Å². The maximum Gasteiger partial charge on any atom is 0.142 e. The molecule has 0 heterocycles. The van der Waals surface area contributed by atoms with Crippen LogP contribution in [0.4, 0.5) is 0 Å². The Balaban J connectivity index is 2.42. The molecule has 0 aliphatic rings. The second-order valence-corrected chi connectivity index (χ2v) is 3.41. The summed E-state index contributed by atoms with van der Waals surface area (Å²) in [5.74, 6) is 0. The molecule has 0 aromatic heterocycles. The molecule has 15 heavy (non-hydrogen) atoms. The maximum atomic E-state index is 10.2. The van der Waals surface area contributed by atoms with Gasteiger partial charge in [-0.15, -0.1) is 0 Å². The number of fused-ring (bicyclic) bond motifs is 1. The first-order chi connectivity index (χ1) is 7.42. The SMILES string of the molecule is O=CC=CCc1cccc2ccccc12. The zero-order valence-electron chi connectivity index (χ0n) is 8.39. The van der Waals surface area contributed by atoms with Gasteiger partial charge in [-0.1, -0.05) is 48.5 Å². The Hall–Kier alpha value is -1.89. The Bertz CT molecular complexity index is 492. The Morgan fingerprint density at radius 1 is 1.00 bits per heavy atom. The molecule has 2 aromatic rings. The number of hydrogen-bond donors (Lipinski definition) is 0. The minimum atomic E-state index is 0.806. The van der Waals surface area contributed by atoms with Crippen molar-refractivity contribution in [3.8, 4) is 0 Å². The van der Waals surface area contributed by atoms with Gasteiger partial charge in [0.25, 0.3) is 0 Å². The smallest absolute Gasteiger partial charge is 0.142 e. The zero-order chi connectivity index (χ0) is 10.5. The highest BCUT2D eigenvalue weighted by molar-refractivity contribution is 5.85. The van der Waals surface area contributed by atoms with Gasteiger partial charge < -0.3 is 0 Å². The van der Waals surface area contributed by atoms with Gasteiger partial charge in [0.1, 0.15) is 6.29 Å². The van der Waals surface area contributed by atoms with Crippen LogP contribution >= 0.6 is 0 Å². The van der Waals surface area contributed by atoms with E-state index in [1.807, 2.05) is 24.3 Å². The highest BCUT2D eigenvalue weighted by Crippen LogP contribution is 2.18. The van der Waals surface area contributed by atoms with E-state index < -0.39 is 0 Å². The lowest BCUT2D eigenvalue weighted by atomic mass is 10.0. The van der Waals surface area contributed by atoms with Crippen molar-refractivity contribution in [2.75, 3.05) is 0 Å². The van der Waals surface area contributed by atoms with Gasteiger partial charge in [0, 0.05) is 0 Å². The van der Waals surface area contributed by atoms with Crippen LogP contribution in [0.5, 0.6) is 0 Å². The molecule has 0 fully saturated rings. The van der Waals surface area contributed by atoms with Gasteiger partial charge in [0.2, 0.25) is 0 Å². The van der Waals surface area contributed by atoms with Crippen LogP contribution in [0.15, 0.2) is 54.6 Å². The number of rotatable bonds is 3. The molecule has 0 unspecified atom stereocenters. The summed E-state index contributed by atoms with van der Waals surface area (Å²) in [6, 6.07) is 14.5. The fraction of sp³-hybridized carbons (Fsp3) is 0.0714. The number of carbonyl (C=O) groups is 1. The van der Waals surface area contributed by atoms with Crippen molar-refractivity contribution in [1.29, 1.82) is 0 Å². The molecule has 0 spiro atoms. The van der Waals surface area contributed by atoms with Crippen LogP contribution in [0.3, 0.4) is 0 Å². The van der Waals surface area contributed by atoms with Gasteiger partial charge in [-0.25, -0.2) is 0 Å². The van der Waals surface area contributed by atoms with E-state index >= 15 is 0 Å². The van der Waals surface area contributed by atoms with Crippen molar-refractivity contribution >= 4 is 17.1 Å². The Kier molecular flexibility index (Phi) is 2.93. The van der Waals surface area contributed by atoms with Crippen molar-refractivity contribution in [1.82, 2.24) is 0 Å². The third kappa shape index (κ3) is 2.13. The number of benzene rings is 2. The second kappa shape index (κ2) is 4.56. The van der Waals surface area contributed by atoms with Gasteiger partial charge in [-0.3, -0.25) is 4.79 Å². The Morgan fingerprint density at radius 2 is 1.80 bits per heavy atom. The van der Waals surface area contributed by atoms with E-state index in [1.165, 1.54) is 16.3 Å². The fourth-order valence-electron chi connectivity index (χ4n) is 1.72. The summed E-state index contributed by atoms with van der Waals surface area (Å²) in [5.41, 5.74) is 1.26. The van der Waals surface area contributed by atoms with Gasteiger partial charge >= 0.3 is 0 Å². The summed E-state index contributed by atoms with van der Waals surface area (Å²) in [7, 11) is 0. The molecule has 2 aromatic carbocycles. The Morgan fingerprint density at radius 3 is 2.67 bits per heavy atom. The lowest BCUT2D eigenvalue weighted by molar-refractivity contribution is -0.104. The highest BCUT2D eigenvalue weighted by Gasteiger charge is 1.97. The highest BCUT2D eigenvalue weighted by atomic mass is 16.1. The first-order valence-corrected chi connectivity index (χ1v) is 4.99. The zero-order valence-corrected chi connectivity index (χ0v) is 8.39. The van der Waals surface area contributed by atoms with Crippen LogP contribution in [0.25, 0.3) is 10.8 Å². The first kappa shape index (κ1) is 9.66. The minimum absolute atomic E-state index is 0.806. The molecule has 0 aliphatic carbocycles. The predicted octanol–water partition coefficient (Wildman–Crippen LogP) is 3.14. The predicted molar refractivity (Wildman–Crippen MR) is 62.9 cm³/mol. The molecule has 1 heteroatoms. The molecule has 0 atom stereocenters. The number of hydrogen-bond acceptors (Lipinski definition) is 1. The molecule has 0 amide bonds. The summed E-state index contributed by atoms with van der Waals surface area (Å²) in [6.45, 7) is 0. The summed E-state index contributed by atoms with van der Waals surface area (Å²) in [4.78, 5) is 10.2. The average molecular weight is 196 g/mol. The molecular formula is C14H12O. The normalized spacial score (nSPS) is 10.9. The van der Waals surface area contributed by atoms with E-state index in [9.17, 15) is 4.79 Å². The summed E-state index contributed by atoms with van der Waals surface area (Å²) in [5, 5.41) is 2.50. The van der Waals surface area contributed by atoms with Crippen molar-refractivity contribution in [2.24, 2.45) is 0 Å². The van der Waals surface area contributed by atoms with Crippen molar-refractivity contribution in [2.45, 2.75) is 6.42 Å². The van der Waals surface area contributed by atoms with Crippen molar-refractivity contribution in [3.05, 3.63) is 60.2 Å². The fourth-order valence-corrected chi connectivity index (χ4v) is 1.72. The van der Waals surface area contributed by atoms with Crippen molar-refractivity contribution in [3.63, 3.8) is 0 Å². The van der Waals surface area contributed by atoms with E-state index in [4.69, 9.17) is 0 Å². The lowest BCUT2D eigenvalue weighted by Gasteiger charge is -2.02. The summed E-state index contributed by atoms with van der Waals surface area (Å²) >= 11 is 0. The number of aldehydes is 1. The van der Waals surface area contributed by atoms with Crippen LogP contribution in [-0.4, -0.2) is 6.29 Å². The molecule has 0 saturated heterocycles. The second-order valence-electron chi connectivity index (χ2n) is 3.41. The molecule has 2 rings (SSSR count). The van der Waals surface area contributed by atoms with Gasteiger partial charge in [-0.2, -0.15) is 0 Å². The molecule has 0 radical (unpaired) electrons. The van der Waals surface area contributed by atoms with E-state index in [0.717, 1.165) is 12.7 Å². The standard InChI is InChI=1S/C14H12O/c15-11-4-3-7-13-9-5-8-12-6-1-2-10-14(12)13/h1-6,8-11H,7H2. The molecule has 0 bridgehead atoms. The minimum Gasteiger partial charge on any atom is -0.299 e. The van der Waals surface area contributed by atoms with E-state index in [-0.39, 0.29) is 0 Å². The molecule has 0 aliphatic heterocycles. The summed E-state index contributed by atoms with van der Waals surface area (Å²) in [6.07, 6.45) is 5.04. The quantitative estimate of drug-likeness (QED) is 0.544. The van der Waals surface area contributed by atoms with Crippen LogP contribution in [-0.2, 0) is 11.2 Å². The Labute approximate surface area is 89.0 Å². The van der Waals surface area contributed by atoms with Gasteiger partial charge in [-0.05, 0) is 28.8 Å². The number of carbonyl (C=O) groups excluding carboxylic acids is 1. The van der Waals surface area contributed by atoms with Gasteiger partial charge in [0.15, 0.2) is 0 Å². The first-order valence-electron chi connectivity index (χ1n) is 4.99. The van der Waals surface area contributed by atoms with Crippen LogP contribution < -0.4 is 0 Å². The van der Waals surface area contributed by atoms with E-state index in [1.54, 1.807) is 6.08 Å². The van der Waals surface area contributed by atoms with E-state index in [2.05, 4.69) is 24.3 Å². The topological polar surface area (TPSA) is 17.1 Å². The monoisotopic (exact) mass is 196 g/mol. The van der Waals surface area contributed by atoms with E-state index in [0.29, 0.717) is 0 Å². The van der Waals surface area contributed by atoms with Gasteiger partial charge in [0.05, 0.1) is 0 Å².